The molecule has 2 N–H and O–H groups in total. The van der Waals surface area contributed by atoms with Gasteiger partial charge in [0.05, 0.1) is 11.5 Å². The molecular weight excluding hydrogens is 226 g/mol. The van der Waals surface area contributed by atoms with Crippen LogP contribution in [0.5, 0.6) is 0 Å². The zero-order valence-electron chi connectivity index (χ0n) is 9.57. The predicted octanol–water partition coefficient (Wildman–Crippen LogP) is 1.50. The summed E-state index contributed by atoms with van der Waals surface area (Å²) in [6.07, 6.45) is 4.92. The molecule has 1 amide bonds. The van der Waals surface area contributed by atoms with E-state index in [2.05, 4.69) is 5.32 Å². The van der Waals surface area contributed by atoms with Gasteiger partial charge in [-0.3, -0.25) is 9.59 Å². The van der Waals surface area contributed by atoms with Crippen molar-refractivity contribution in [3.8, 4) is 0 Å². The van der Waals surface area contributed by atoms with Crippen molar-refractivity contribution in [3.63, 3.8) is 0 Å². The molecule has 0 aromatic heterocycles. The second-order valence-electron chi connectivity index (χ2n) is 4.29. The van der Waals surface area contributed by atoms with E-state index in [1.807, 2.05) is 6.92 Å². The van der Waals surface area contributed by atoms with Crippen molar-refractivity contribution in [2.45, 2.75) is 38.6 Å². The summed E-state index contributed by atoms with van der Waals surface area (Å²) >= 11 is 1.14. The van der Waals surface area contributed by atoms with Gasteiger partial charge in [0.2, 0.25) is 5.91 Å². The molecule has 0 aliphatic heterocycles. The Morgan fingerprint density at radius 1 is 1.38 bits per heavy atom. The van der Waals surface area contributed by atoms with E-state index < -0.39 is 5.97 Å². The van der Waals surface area contributed by atoms with Crippen LogP contribution in [-0.2, 0) is 9.59 Å². The molecule has 0 radical (unpaired) electrons. The van der Waals surface area contributed by atoms with Gasteiger partial charge in [-0.05, 0) is 25.7 Å². The fourth-order valence-electron chi connectivity index (χ4n) is 2.10. The van der Waals surface area contributed by atoms with Crippen LogP contribution in [0, 0.1) is 5.92 Å². The second-order valence-corrected chi connectivity index (χ2v) is 5.27. The summed E-state index contributed by atoms with van der Waals surface area (Å²) in [5, 5.41) is 11.4. The van der Waals surface area contributed by atoms with Gasteiger partial charge >= 0.3 is 5.97 Å². The third-order valence-electron chi connectivity index (χ3n) is 2.95. The Bertz CT molecular complexity index is 252. The molecule has 1 fully saturated rings. The maximum Gasteiger partial charge on any atom is 0.313 e. The quantitative estimate of drug-likeness (QED) is 0.744. The largest absolute Gasteiger partial charge is 0.481 e. The van der Waals surface area contributed by atoms with Crippen molar-refractivity contribution in [1.82, 2.24) is 5.32 Å². The topological polar surface area (TPSA) is 66.4 Å². The van der Waals surface area contributed by atoms with Crippen molar-refractivity contribution in [3.05, 3.63) is 0 Å². The summed E-state index contributed by atoms with van der Waals surface area (Å²) in [5.74, 6) is -0.0880. The SMILES string of the molecule is CC(NC(=O)CSCC(=O)O)C1CCCC1. The highest BCUT2D eigenvalue weighted by Gasteiger charge is 2.22. The minimum absolute atomic E-state index is 0.00870. The summed E-state index contributed by atoms with van der Waals surface area (Å²) < 4.78 is 0. The van der Waals surface area contributed by atoms with Crippen molar-refractivity contribution >= 4 is 23.6 Å². The van der Waals surface area contributed by atoms with Gasteiger partial charge in [-0.1, -0.05) is 12.8 Å². The van der Waals surface area contributed by atoms with E-state index in [9.17, 15) is 9.59 Å². The summed E-state index contributed by atoms with van der Waals surface area (Å²) in [4.78, 5) is 21.7. The van der Waals surface area contributed by atoms with E-state index in [-0.39, 0.29) is 23.5 Å². The van der Waals surface area contributed by atoms with Gasteiger partial charge < -0.3 is 10.4 Å². The zero-order chi connectivity index (χ0) is 12.0. The maximum absolute atomic E-state index is 11.5. The summed E-state index contributed by atoms with van der Waals surface area (Å²) in [5.41, 5.74) is 0. The monoisotopic (exact) mass is 245 g/mol. The van der Waals surface area contributed by atoms with Gasteiger partial charge in [0.15, 0.2) is 0 Å². The Morgan fingerprint density at radius 3 is 2.56 bits per heavy atom. The Kier molecular flexibility index (Phi) is 5.66. The van der Waals surface area contributed by atoms with Gasteiger partial charge in [0.1, 0.15) is 0 Å². The normalized spacial score (nSPS) is 18.3. The van der Waals surface area contributed by atoms with Crippen LogP contribution in [0.3, 0.4) is 0 Å². The lowest BCUT2D eigenvalue weighted by atomic mass is 10.00. The van der Waals surface area contributed by atoms with E-state index in [0.717, 1.165) is 11.8 Å². The van der Waals surface area contributed by atoms with E-state index >= 15 is 0 Å². The third-order valence-corrected chi connectivity index (χ3v) is 3.87. The highest BCUT2D eigenvalue weighted by atomic mass is 32.2. The first-order chi connectivity index (χ1) is 7.59. The maximum atomic E-state index is 11.5. The molecule has 1 atom stereocenters. The fourth-order valence-corrected chi connectivity index (χ4v) is 2.65. The number of amides is 1. The van der Waals surface area contributed by atoms with Crippen LogP contribution in [0.4, 0.5) is 0 Å². The molecule has 0 aromatic rings. The molecule has 1 saturated carbocycles. The number of carboxylic acid groups (broad SMARTS) is 1. The number of carboxylic acids is 1. The average Bonchev–Trinajstić information content (AvgIpc) is 2.69. The zero-order valence-corrected chi connectivity index (χ0v) is 10.4. The standard InChI is InChI=1S/C11H19NO3S/c1-8(9-4-2-3-5-9)12-10(13)6-16-7-11(14)15/h8-9H,2-7H2,1H3,(H,12,13)(H,14,15). The predicted molar refractivity (Wildman–Crippen MR) is 64.5 cm³/mol. The molecular formula is C11H19NO3S. The summed E-state index contributed by atoms with van der Waals surface area (Å²) in [7, 11) is 0. The third kappa shape index (κ3) is 4.88. The molecule has 5 heteroatoms. The van der Waals surface area contributed by atoms with Crippen LogP contribution in [0.1, 0.15) is 32.6 Å². The van der Waals surface area contributed by atoms with Gasteiger partial charge in [0.25, 0.3) is 0 Å². The molecule has 4 nitrogen and oxygen atoms in total. The molecule has 0 spiro atoms. The van der Waals surface area contributed by atoms with Crippen molar-refractivity contribution in [1.29, 1.82) is 0 Å². The molecule has 1 aliphatic rings. The average molecular weight is 245 g/mol. The Morgan fingerprint density at radius 2 is 2.00 bits per heavy atom. The van der Waals surface area contributed by atoms with Gasteiger partial charge in [0, 0.05) is 6.04 Å². The highest BCUT2D eigenvalue weighted by Crippen LogP contribution is 2.27. The first kappa shape index (κ1) is 13.4. The molecule has 1 rings (SSSR count). The lowest BCUT2D eigenvalue weighted by Crippen LogP contribution is -2.38. The number of rotatable bonds is 6. The smallest absolute Gasteiger partial charge is 0.313 e. The molecule has 1 unspecified atom stereocenters. The number of hydrogen-bond acceptors (Lipinski definition) is 3. The molecule has 0 saturated heterocycles. The first-order valence-corrected chi connectivity index (χ1v) is 6.84. The molecule has 16 heavy (non-hydrogen) atoms. The number of hydrogen-bond donors (Lipinski definition) is 2. The number of nitrogens with one attached hydrogen (secondary N) is 1. The highest BCUT2D eigenvalue weighted by molar-refractivity contribution is 8.00. The lowest BCUT2D eigenvalue weighted by molar-refractivity contribution is -0.133. The van der Waals surface area contributed by atoms with Gasteiger partial charge in [-0.25, -0.2) is 0 Å². The van der Waals surface area contributed by atoms with Crippen LogP contribution in [0.15, 0.2) is 0 Å². The fraction of sp³-hybridized carbons (Fsp3) is 0.818. The number of carbonyl (C=O) groups excluding carboxylic acids is 1. The minimum atomic E-state index is -0.873. The molecule has 0 bridgehead atoms. The lowest BCUT2D eigenvalue weighted by Gasteiger charge is -2.20. The molecule has 0 aromatic carbocycles. The van der Waals surface area contributed by atoms with Gasteiger partial charge in [-0.2, -0.15) is 0 Å². The Hall–Kier alpha value is -0.710. The number of aliphatic carboxylic acids is 1. The van der Waals surface area contributed by atoms with Crippen molar-refractivity contribution < 1.29 is 14.7 Å². The van der Waals surface area contributed by atoms with Crippen LogP contribution < -0.4 is 5.32 Å². The van der Waals surface area contributed by atoms with Crippen molar-refractivity contribution in [2.24, 2.45) is 5.92 Å². The number of thioether (sulfide) groups is 1. The van der Waals surface area contributed by atoms with Crippen LogP contribution >= 0.6 is 11.8 Å². The molecule has 1 aliphatic carbocycles. The van der Waals surface area contributed by atoms with E-state index in [1.165, 1.54) is 25.7 Å². The molecule has 0 heterocycles. The minimum Gasteiger partial charge on any atom is -0.481 e. The van der Waals surface area contributed by atoms with Crippen molar-refractivity contribution in [2.75, 3.05) is 11.5 Å². The first-order valence-electron chi connectivity index (χ1n) is 5.68. The van der Waals surface area contributed by atoms with E-state index in [1.54, 1.807) is 0 Å². The summed E-state index contributed by atoms with van der Waals surface area (Å²) in [6, 6.07) is 0.223. The van der Waals surface area contributed by atoms with Crippen LogP contribution in [0.2, 0.25) is 0 Å². The van der Waals surface area contributed by atoms with Gasteiger partial charge in [-0.15, -0.1) is 11.8 Å². The summed E-state index contributed by atoms with van der Waals surface area (Å²) in [6.45, 7) is 2.04. The van der Waals surface area contributed by atoms with E-state index in [0.29, 0.717) is 5.92 Å². The number of carbonyl (C=O) groups is 2. The van der Waals surface area contributed by atoms with Crippen LogP contribution in [0.25, 0.3) is 0 Å². The van der Waals surface area contributed by atoms with Crippen LogP contribution in [-0.4, -0.2) is 34.5 Å². The van der Waals surface area contributed by atoms with E-state index in [4.69, 9.17) is 5.11 Å². The molecule has 92 valence electrons. The second kappa shape index (κ2) is 6.78. The Labute approximate surface area is 100 Å². The Balaban J connectivity index is 2.15.